The summed E-state index contributed by atoms with van der Waals surface area (Å²) in [7, 11) is 1.60. The van der Waals surface area contributed by atoms with Crippen LogP contribution in [0.25, 0.3) is 0 Å². The lowest BCUT2D eigenvalue weighted by molar-refractivity contribution is -0.129. The largest absolute Gasteiger partial charge is 0.497 e. The summed E-state index contributed by atoms with van der Waals surface area (Å²) in [5.74, 6) is 1.17. The average Bonchev–Trinajstić information content (AvgIpc) is 2.80. The first-order valence-electron chi connectivity index (χ1n) is 10.4. The molecule has 1 N–H and O–H groups in total. The lowest BCUT2D eigenvalue weighted by Gasteiger charge is -2.31. The van der Waals surface area contributed by atoms with Gasteiger partial charge in [-0.05, 0) is 56.2 Å². The third-order valence-corrected chi connectivity index (χ3v) is 6.30. The summed E-state index contributed by atoms with van der Waals surface area (Å²) in [6.45, 7) is 3.13. The number of nitrogens with zero attached hydrogens (tertiary/aromatic N) is 1. The summed E-state index contributed by atoms with van der Waals surface area (Å²) in [6.07, 6.45) is 1.32. The van der Waals surface area contributed by atoms with Crippen molar-refractivity contribution in [2.45, 2.75) is 19.8 Å². The number of benzene rings is 2. The van der Waals surface area contributed by atoms with Crippen LogP contribution in [0.3, 0.4) is 0 Å². The zero-order chi connectivity index (χ0) is 22.2. The van der Waals surface area contributed by atoms with Gasteiger partial charge < -0.3 is 15.0 Å². The van der Waals surface area contributed by atoms with Crippen molar-refractivity contribution in [3.63, 3.8) is 0 Å². The fraction of sp³-hybridized carbons (Fsp3) is 0.375. The molecule has 1 fully saturated rings. The van der Waals surface area contributed by atoms with Crippen LogP contribution in [0, 0.1) is 12.8 Å². The smallest absolute Gasteiger partial charge is 0.234 e. The molecule has 2 amide bonds. The Kier molecular flexibility index (Phi) is 8.12. The highest BCUT2D eigenvalue weighted by Gasteiger charge is 2.27. The normalized spacial score (nSPS) is 14.2. The summed E-state index contributed by atoms with van der Waals surface area (Å²) in [5.41, 5.74) is 2.57. The van der Waals surface area contributed by atoms with Crippen molar-refractivity contribution in [2.24, 2.45) is 5.92 Å². The number of nitrogens with one attached hydrogen (secondary N) is 1. The minimum atomic E-state index is -0.120. The Bertz CT molecular complexity index is 904. The van der Waals surface area contributed by atoms with Crippen LogP contribution >= 0.6 is 11.8 Å². The first kappa shape index (κ1) is 22.9. The van der Waals surface area contributed by atoms with Crippen molar-refractivity contribution in [2.75, 3.05) is 37.0 Å². The van der Waals surface area contributed by atoms with Gasteiger partial charge in [-0.1, -0.05) is 17.7 Å². The maximum Gasteiger partial charge on any atom is 0.234 e. The van der Waals surface area contributed by atoms with E-state index in [2.05, 4.69) is 5.32 Å². The van der Waals surface area contributed by atoms with E-state index in [1.54, 1.807) is 36.3 Å². The predicted octanol–water partition coefficient (Wildman–Crippen LogP) is 3.80. The SMILES string of the molecule is COc1ccc(C(=O)C2CCN(C(=O)CSCC(=O)Nc3ccc(C)cc3)CC2)cc1. The molecule has 3 rings (SSSR count). The number of piperidine rings is 1. The van der Waals surface area contributed by atoms with Crippen LogP contribution < -0.4 is 10.1 Å². The minimum absolute atomic E-state index is 0.0171. The van der Waals surface area contributed by atoms with Crippen molar-refractivity contribution in [3.8, 4) is 5.75 Å². The lowest BCUT2D eigenvalue weighted by atomic mass is 9.89. The van der Waals surface area contributed by atoms with Crippen LogP contribution in [0.4, 0.5) is 5.69 Å². The molecule has 31 heavy (non-hydrogen) atoms. The zero-order valence-electron chi connectivity index (χ0n) is 17.9. The van der Waals surface area contributed by atoms with Gasteiger partial charge in [-0.15, -0.1) is 11.8 Å². The average molecular weight is 441 g/mol. The van der Waals surface area contributed by atoms with Gasteiger partial charge >= 0.3 is 0 Å². The molecule has 0 spiro atoms. The number of hydrogen-bond acceptors (Lipinski definition) is 5. The minimum Gasteiger partial charge on any atom is -0.497 e. The Morgan fingerprint density at radius 3 is 2.26 bits per heavy atom. The number of ketones is 1. The van der Waals surface area contributed by atoms with Gasteiger partial charge in [-0.25, -0.2) is 0 Å². The van der Waals surface area contributed by atoms with E-state index in [0.717, 1.165) is 17.0 Å². The van der Waals surface area contributed by atoms with Gasteiger partial charge in [0.2, 0.25) is 11.8 Å². The number of carbonyl (C=O) groups is 3. The summed E-state index contributed by atoms with van der Waals surface area (Å²) < 4.78 is 5.13. The number of methoxy groups -OCH3 is 1. The first-order chi connectivity index (χ1) is 15.0. The molecule has 0 unspecified atom stereocenters. The number of rotatable bonds is 8. The van der Waals surface area contributed by atoms with Crippen LogP contribution in [0.15, 0.2) is 48.5 Å². The molecular formula is C24H28N2O4S. The number of ether oxygens (including phenoxy) is 1. The van der Waals surface area contributed by atoms with E-state index in [4.69, 9.17) is 4.74 Å². The van der Waals surface area contributed by atoms with E-state index in [9.17, 15) is 14.4 Å². The number of aryl methyl sites for hydroxylation is 1. The highest BCUT2D eigenvalue weighted by atomic mass is 32.2. The van der Waals surface area contributed by atoms with Crippen molar-refractivity contribution in [1.29, 1.82) is 0 Å². The Morgan fingerprint density at radius 1 is 1.00 bits per heavy atom. The molecule has 2 aromatic rings. The lowest BCUT2D eigenvalue weighted by Crippen LogP contribution is -2.41. The second-order valence-electron chi connectivity index (χ2n) is 7.65. The van der Waals surface area contributed by atoms with Gasteiger partial charge in [0.05, 0.1) is 18.6 Å². The van der Waals surface area contributed by atoms with Crippen LogP contribution in [0.1, 0.15) is 28.8 Å². The van der Waals surface area contributed by atoms with Gasteiger partial charge in [0, 0.05) is 30.3 Å². The van der Waals surface area contributed by atoms with Crippen molar-refractivity contribution < 1.29 is 19.1 Å². The van der Waals surface area contributed by atoms with Crippen molar-refractivity contribution in [1.82, 2.24) is 4.90 Å². The molecule has 2 aromatic carbocycles. The number of thioether (sulfide) groups is 1. The Labute approximate surface area is 187 Å². The molecule has 0 bridgehead atoms. The van der Waals surface area contributed by atoms with Crippen LogP contribution in [0.2, 0.25) is 0 Å². The molecule has 7 heteroatoms. The monoisotopic (exact) mass is 440 g/mol. The standard InChI is InChI=1S/C24H28N2O4S/c1-17-3-7-20(8-4-17)25-22(27)15-31-16-23(28)26-13-11-19(12-14-26)24(29)18-5-9-21(30-2)10-6-18/h3-10,19H,11-16H2,1-2H3,(H,25,27). The Morgan fingerprint density at radius 2 is 1.65 bits per heavy atom. The summed E-state index contributed by atoms with van der Waals surface area (Å²) in [5, 5.41) is 2.83. The molecular weight excluding hydrogens is 412 g/mol. The Balaban J connectivity index is 1.38. The number of hydrogen-bond donors (Lipinski definition) is 1. The van der Waals surface area contributed by atoms with E-state index in [1.807, 2.05) is 31.2 Å². The zero-order valence-corrected chi connectivity index (χ0v) is 18.7. The van der Waals surface area contributed by atoms with Crippen molar-refractivity contribution in [3.05, 3.63) is 59.7 Å². The molecule has 0 atom stereocenters. The number of amides is 2. The Hall–Kier alpha value is -2.80. The second-order valence-corrected chi connectivity index (χ2v) is 8.64. The molecule has 164 valence electrons. The van der Waals surface area contributed by atoms with E-state index in [-0.39, 0.29) is 35.0 Å². The van der Waals surface area contributed by atoms with E-state index >= 15 is 0 Å². The van der Waals surface area contributed by atoms with Gasteiger partial charge in [0.15, 0.2) is 5.78 Å². The molecule has 1 aliphatic rings. The van der Waals surface area contributed by atoms with Gasteiger partial charge in [0.1, 0.15) is 5.75 Å². The number of anilines is 1. The summed E-state index contributed by atoms with van der Waals surface area (Å²) in [6, 6.07) is 14.8. The molecule has 0 saturated carbocycles. The van der Waals surface area contributed by atoms with Crippen LogP contribution in [-0.4, -0.2) is 54.2 Å². The fourth-order valence-electron chi connectivity index (χ4n) is 3.54. The van der Waals surface area contributed by atoms with E-state index in [0.29, 0.717) is 31.5 Å². The molecule has 0 aliphatic carbocycles. The number of likely N-dealkylation sites (tertiary alicyclic amines) is 1. The topological polar surface area (TPSA) is 75.7 Å². The number of carbonyl (C=O) groups excluding carboxylic acids is 3. The van der Waals surface area contributed by atoms with Crippen molar-refractivity contribution >= 4 is 35.0 Å². The van der Waals surface area contributed by atoms with Gasteiger partial charge in [-0.2, -0.15) is 0 Å². The molecule has 6 nitrogen and oxygen atoms in total. The maximum atomic E-state index is 12.7. The predicted molar refractivity (Wildman–Crippen MR) is 124 cm³/mol. The summed E-state index contributed by atoms with van der Waals surface area (Å²) >= 11 is 1.31. The maximum absolute atomic E-state index is 12.7. The van der Waals surface area contributed by atoms with E-state index in [1.165, 1.54) is 11.8 Å². The molecule has 0 radical (unpaired) electrons. The fourth-order valence-corrected chi connectivity index (χ4v) is 4.26. The quantitative estimate of drug-likeness (QED) is 0.632. The molecule has 1 aliphatic heterocycles. The summed E-state index contributed by atoms with van der Waals surface area (Å²) in [4.78, 5) is 39.0. The highest BCUT2D eigenvalue weighted by Crippen LogP contribution is 2.23. The van der Waals surface area contributed by atoms with Crippen LogP contribution in [0.5, 0.6) is 5.75 Å². The molecule has 0 aromatic heterocycles. The third-order valence-electron chi connectivity index (χ3n) is 5.39. The molecule has 1 heterocycles. The molecule has 1 saturated heterocycles. The first-order valence-corrected chi connectivity index (χ1v) is 11.5. The highest BCUT2D eigenvalue weighted by molar-refractivity contribution is 8.00. The van der Waals surface area contributed by atoms with Crippen LogP contribution in [-0.2, 0) is 9.59 Å². The van der Waals surface area contributed by atoms with E-state index < -0.39 is 0 Å². The number of Topliss-reactive ketones (excluding diaryl/α,β-unsaturated/α-hetero) is 1. The van der Waals surface area contributed by atoms with Gasteiger partial charge in [0.25, 0.3) is 0 Å². The van der Waals surface area contributed by atoms with Gasteiger partial charge in [-0.3, -0.25) is 14.4 Å². The third kappa shape index (κ3) is 6.59. The second kappa shape index (κ2) is 11.0.